The third-order valence-corrected chi connectivity index (χ3v) is 3.84. The zero-order valence-electron chi connectivity index (χ0n) is 9.88. The molecule has 6 heteroatoms. The highest BCUT2D eigenvalue weighted by Gasteiger charge is 2.18. The van der Waals surface area contributed by atoms with E-state index in [1.54, 1.807) is 24.3 Å². The van der Waals surface area contributed by atoms with Crippen LogP contribution in [-0.2, 0) is 10.0 Å². The van der Waals surface area contributed by atoms with E-state index in [-0.39, 0.29) is 16.3 Å². The Morgan fingerprint density at radius 3 is 2.21 bits per heavy atom. The summed E-state index contributed by atoms with van der Waals surface area (Å²) in [6.45, 7) is 0. The lowest BCUT2D eigenvalue weighted by atomic mass is 10.2. The van der Waals surface area contributed by atoms with Crippen LogP contribution in [0.2, 0.25) is 0 Å². The molecular weight excluding hydrogens is 267 g/mol. The first kappa shape index (κ1) is 13.2. The molecule has 0 aliphatic carbocycles. The fourth-order valence-electron chi connectivity index (χ4n) is 1.54. The lowest BCUT2D eigenvalue weighted by molar-refractivity contribution is -0.268. The van der Waals surface area contributed by atoms with E-state index in [0.29, 0.717) is 0 Å². The molecule has 2 aromatic rings. The molecule has 2 aromatic carbocycles. The van der Waals surface area contributed by atoms with Crippen molar-refractivity contribution in [3.8, 4) is 0 Å². The molecule has 98 valence electrons. The van der Waals surface area contributed by atoms with Crippen LogP contribution in [0.15, 0.2) is 59.5 Å². The van der Waals surface area contributed by atoms with Gasteiger partial charge in [0.25, 0.3) is 5.84 Å². The summed E-state index contributed by atoms with van der Waals surface area (Å²) < 4.78 is 39.6. The van der Waals surface area contributed by atoms with Gasteiger partial charge >= 0.3 is 10.0 Å². The standard InChI is InChI=1S/C13H11FN2O2S/c14-12-9-5-4-8-11(12)13(15)16-19(17,18)10-6-2-1-3-7-10/h1-9H,(H2,15,16)/p+1. The molecule has 0 spiro atoms. The second-order valence-electron chi connectivity index (χ2n) is 3.81. The SMILES string of the molecule is NC(=[NH+]S(=O)(=O)c1ccccc1)c1ccccc1F. The number of rotatable bonds is 3. The molecule has 0 aliphatic heterocycles. The number of nitrogen functional groups attached to an aromatic ring is 1. The Morgan fingerprint density at radius 2 is 1.58 bits per heavy atom. The molecule has 0 saturated carbocycles. The molecule has 4 nitrogen and oxygen atoms in total. The molecular formula is C13H12FN2O2S+. The van der Waals surface area contributed by atoms with Crippen molar-refractivity contribution in [2.75, 3.05) is 0 Å². The Morgan fingerprint density at radius 1 is 1.00 bits per heavy atom. The normalized spacial score (nSPS) is 12.4. The van der Waals surface area contributed by atoms with Crippen molar-refractivity contribution in [2.24, 2.45) is 5.73 Å². The quantitative estimate of drug-likeness (QED) is 0.613. The van der Waals surface area contributed by atoms with Gasteiger partial charge in [0, 0.05) is 0 Å². The van der Waals surface area contributed by atoms with Gasteiger partial charge in [-0.25, -0.2) is 4.39 Å². The Labute approximate surface area is 110 Å². The second kappa shape index (κ2) is 5.19. The molecule has 2 rings (SSSR count). The highest BCUT2D eigenvalue weighted by atomic mass is 32.2. The first-order chi connectivity index (χ1) is 9.00. The molecule has 0 aromatic heterocycles. The summed E-state index contributed by atoms with van der Waals surface area (Å²) in [6, 6.07) is 13.4. The van der Waals surface area contributed by atoms with Gasteiger partial charge in [-0.15, -0.1) is 0 Å². The van der Waals surface area contributed by atoms with Gasteiger partial charge in [0.15, 0.2) is 0 Å². The Hall–Kier alpha value is -2.21. The average Bonchev–Trinajstić information content (AvgIpc) is 2.39. The molecule has 0 fully saturated rings. The van der Waals surface area contributed by atoms with E-state index in [4.69, 9.17) is 5.73 Å². The molecule has 0 atom stereocenters. The van der Waals surface area contributed by atoms with Crippen LogP contribution in [0, 0.1) is 5.82 Å². The number of hydrogen-bond donors (Lipinski definition) is 2. The smallest absolute Gasteiger partial charge is 0.286 e. The van der Waals surface area contributed by atoms with Crippen LogP contribution in [0.5, 0.6) is 0 Å². The van der Waals surface area contributed by atoms with E-state index < -0.39 is 15.8 Å². The van der Waals surface area contributed by atoms with Crippen molar-refractivity contribution in [1.29, 1.82) is 0 Å². The Kier molecular flexibility index (Phi) is 3.62. The summed E-state index contributed by atoms with van der Waals surface area (Å²) >= 11 is 0. The van der Waals surface area contributed by atoms with E-state index in [9.17, 15) is 12.8 Å². The molecule has 0 amide bonds. The Balaban J connectivity index is 2.45. The minimum Gasteiger partial charge on any atom is -0.286 e. The second-order valence-corrected chi connectivity index (χ2v) is 5.49. The Bertz CT molecular complexity index is 712. The zero-order valence-corrected chi connectivity index (χ0v) is 10.7. The lowest BCUT2D eigenvalue weighted by Crippen LogP contribution is -2.78. The van der Waals surface area contributed by atoms with Gasteiger partial charge in [-0.3, -0.25) is 5.73 Å². The molecule has 0 heterocycles. The van der Waals surface area contributed by atoms with E-state index in [2.05, 4.69) is 4.40 Å². The highest BCUT2D eigenvalue weighted by Crippen LogP contribution is 2.05. The van der Waals surface area contributed by atoms with E-state index in [0.717, 1.165) is 0 Å². The van der Waals surface area contributed by atoms with Crippen LogP contribution in [0.1, 0.15) is 5.56 Å². The maximum Gasteiger partial charge on any atom is 0.328 e. The van der Waals surface area contributed by atoms with Crippen molar-refractivity contribution in [3.05, 3.63) is 66.0 Å². The molecule has 0 saturated heterocycles. The number of benzene rings is 2. The minimum atomic E-state index is -3.80. The van der Waals surface area contributed by atoms with Gasteiger partial charge in [-0.1, -0.05) is 30.3 Å². The van der Waals surface area contributed by atoms with Crippen LogP contribution in [0.25, 0.3) is 0 Å². The average molecular weight is 279 g/mol. The van der Waals surface area contributed by atoms with Gasteiger partial charge in [0.1, 0.15) is 10.7 Å². The van der Waals surface area contributed by atoms with Crippen LogP contribution in [0.4, 0.5) is 4.39 Å². The van der Waals surface area contributed by atoms with Gasteiger partial charge in [-0.05, 0) is 24.3 Å². The fourth-order valence-corrected chi connectivity index (χ4v) is 2.57. The van der Waals surface area contributed by atoms with Gasteiger partial charge in [0.05, 0.1) is 5.56 Å². The first-order valence-corrected chi connectivity index (χ1v) is 6.94. The predicted molar refractivity (Wildman–Crippen MR) is 69.3 cm³/mol. The summed E-state index contributed by atoms with van der Waals surface area (Å²) in [6.07, 6.45) is 0. The van der Waals surface area contributed by atoms with Crippen LogP contribution >= 0.6 is 0 Å². The molecule has 3 N–H and O–H groups in total. The number of sulfonamides is 1. The van der Waals surface area contributed by atoms with Crippen molar-refractivity contribution < 1.29 is 17.2 Å². The summed E-state index contributed by atoms with van der Waals surface area (Å²) in [5.74, 6) is -0.835. The minimum absolute atomic E-state index is 0.0157. The number of hydrogen-bond acceptors (Lipinski definition) is 2. The monoisotopic (exact) mass is 279 g/mol. The number of halogens is 1. The number of amidine groups is 1. The largest absolute Gasteiger partial charge is 0.328 e. The van der Waals surface area contributed by atoms with Crippen LogP contribution in [0.3, 0.4) is 0 Å². The fraction of sp³-hybridized carbons (Fsp3) is 0. The lowest BCUT2D eigenvalue weighted by Gasteiger charge is -1.99. The number of nitrogens with two attached hydrogens (primary N) is 1. The van der Waals surface area contributed by atoms with Crippen molar-refractivity contribution in [3.63, 3.8) is 0 Å². The van der Waals surface area contributed by atoms with Crippen LogP contribution < -0.4 is 10.1 Å². The third-order valence-electron chi connectivity index (χ3n) is 2.46. The van der Waals surface area contributed by atoms with Crippen molar-refractivity contribution in [1.82, 2.24) is 0 Å². The zero-order chi connectivity index (χ0) is 13.9. The maximum absolute atomic E-state index is 13.5. The highest BCUT2D eigenvalue weighted by molar-refractivity contribution is 7.84. The van der Waals surface area contributed by atoms with Gasteiger partial charge in [0.2, 0.25) is 0 Å². The summed E-state index contributed by atoms with van der Waals surface area (Å²) in [7, 11) is -3.80. The van der Waals surface area contributed by atoms with Gasteiger partial charge < -0.3 is 0 Å². The van der Waals surface area contributed by atoms with Crippen molar-refractivity contribution >= 4 is 15.9 Å². The van der Waals surface area contributed by atoms with Crippen molar-refractivity contribution in [2.45, 2.75) is 4.90 Å². The van der Waals surface area contributed by atoms with Gasteiger partial charge in [-0.2, -0.15) is 12.8 Å². The maximum atomic E-state index is 13.5. The van der Waals surface area contributed by atoms with Crippen LogP contribution in [-0.4, -0.2) is 14.3 Å². The third kappa shape index (κ3) is 2.97. The van der Waals surface area contributed by atoms with E-state index in [1.807, 2.05) is 0 Å². The van der Waals surface area contributed by atoms with E-state index >= 15 is 0 Å². The first-order valence-electron chi connectivity index (χ1n) is 5.46. The predicted octanol–water partition coefficient (Wildman–Crippen LogP) is 0.000500. The number of nitrogens with one attached hydrogen (secondary N) is 1. The summed E-state index contributed by atoms with van der Waals surface area (Å²) in [5.41, 5.74) is 5.62. The molecule has 0 aliphatic rings. The summed E-state index contributed by atoms with van der Waals surface area (Å²) in [5, 5.41) is 0. The topological polar surface area (TPSA) is 74.1 Å². The molecule has 0 radical (unpaired) electrons. The summed E-state index contributed by atoms with van der Waals surface area (Å²) in [4.78, 5) is 0.0642. The molecule has 0 bridgehead atoms. The molecule has 19 heavy (non-hydrogen) atoms. The molecule has 0 unspecified atom stereocenters. The van der Waals surface area contributed by atoms with E-state index in [1.165, 1.54) is 30.3 Å².